The molecule has 0 aromatic rings. The molecule has 0 nitrogen and oxygen atoms in total. The molecule has 6 heteroatoms. The molecule has 0 heterocycles. The molecule has 0 saturated heterocycles. The predicted octanol–water partition coefficient (Wildman–Crippen LogP) is 4.70. The molecule has 0 aliphatic heterocycles. The van der Waals surface area contributed by atoms with Crippen LogP contribution in [0.1, 0.15) is 41.7 Å². The molecule has 1 fully saturated rings. The number of halogens is 6. The minimum Gasteiger partial charge on any atom is -0.170 e. The molecule has 16 heavy (non-hydrogen) atoms. The van der Waals surface area contributed by atoms with Crippen LogP contribution < -0.4 is 0 Å². The molecule has 1 rings (SSSR count). The van der Waals surface area contributed by atoms with Gasteiger partial charge < -0.3 is 0 Å². The highest BCUT2D eigenvalue weighted by molar-refractivity contribution is 4.96. The fraction of sp³-hybridized carbons (Fsp3) is 1.00. The minimum absolute atomic E-state index is 0.400. The maximum atomic E-state index is 12.7. The molecule has 1 aliphatic carbocycles. The second-order valence-corrected chi connectivity index (χ2v) is 4.14. The highest BCUT2D eigenvalue weighted by Gasteiger charge is 2.70. The Hall–Kier alpha value is -0.420. The van der Waals surface area contributed by atoms with Crippen LogP contribution in [0.5, 0.6) is 0 Å². The molecule has 0 unspecified atom stereocenters. The molecule has 1 saturated carbocycles. The molecule has 0 aromatic carbocycles. The Morgan fingerprint density at radius 3 is 1.69 bits per heavy atom. The van der Waals surface area contributed by atoms with Gasteiger partial charge in [0.05, 0.1) is 0 Å². The van der Waals surface area contributed by atoms with Gasteiger partial charge in [-0.1, -0.05) is 13.3 Å². The van der Waals surface area contributed by atoms with Crippen molar-refractivity contribution in [2.75, 3.05) is 0 Å². The van der Waals surface area contributed by atoms with Crippen LogP contribution in [0.4, 0.5) is 26.3 Å². The van der Waals surface area contributed by atoms with E-state index in [1.807, 2.05) is 0 Å². The van der Waals surface area contributed by atoms with Gasteiger partial charge in [-0.2, -0.15) is 26.3 Å². The lowest BCUT2D eigenvalue weighted by atomic mass is 9.69. The van der Waals surface area contributed by atoms with Crippen molar-refractivity contribution in [3.63, 3.8) is 0 Å². The Bertz CT molecular complexity index is 277. The number of hydrogen-bond acceptors (Lipinski definition) is 0. The normalized spacial score (nSPS) is 26.2. The Morgan fingerprint density at radius 2 is 1.44 bits per heavy atom. The van der Waals surface area contributed by atoms with E-state index in [4.69, 9.17) is 2.74 Å². The van der Waals surface area contributed by atoms with E-state index < -0.39 is 55.7 Å². The van der Waals surface area contributed by atoms with Gasteiger partial charge in [0.1, 0.15) is 0 Å². The van der Waals surface area contributed by atoms with Gasteiger partial charge in [-0.15, -0.1) is 0 Å². The standard InChI is InChI=1S/C10H14F6/c1-2-7-3-5-8(6-4-7,9(11,12)13)10(14,15)16/h7H,2-6H2,1H3/i2D2. The van der Waals surface area contributed by atoms with Crippen molar-refractivity contribution in [1.29, 1.82) is 0 Å². The summed E-state index contributed by atoms with van der Waals surface area (Å²) in [5.41, 5.74) is -3.66. The van der Waals surface area contributed by atoms with E-state index in [0.29, 0.717) is 0 Å². The summed E-state index contributed by atoms with van der Waals surface area (Å²) in [4.78, 5) is 0. The largest absolute Gasteiger partial charge is 0.403 e. The summed E-state index contributed by atoms with van der Waals surface area (Å²) < 4.78 is 91.0. The maximum Gasteiger partial charge on any atom is 0.403 e. The van der Waals surface area contributed by atoms with Gasteiger partial charge in [0.2, 0.25) is 0 Å². The SMILES string of the molecule is [2H]C([2H])(C)C1CCC(C(F)(F)F)(C(F)(F)F)CC1. The van der Waals surface area contributed by atoms with Crippen molar-refractivity contribution in [3.05, 3.63) is 0 Å². The fourth-order valence-electron chi connectivity index (χ4n) is 2.13. The third kappa shape index (κ3) is 2.15. The van der Waals surface area contributed by atoms with Crippen molar-refractivity contribution in [1.82, 2.24) is 0 Å². The Balaban J connectivity index is 2.95. The molecule has 0 amide bonds. The molecule has 0 aromatic heterocycles. The second kappa shape index (κ2) is 4.11. The van der Waals surface area contributed by atoms with E-state index in [-0.39, 0.29) is 0 Å². The molecule has 0 N–H and O–H groups in total. The molecule has 0 atom stereocenters. The first-order valence-electron chi connectivity index (χ1n) is 5.95. The van der Waals surface area contributed by atoms with Crippen LogP contribution in [0.25, 0.3) is 0 Å². The van der Waals surface area contributed by atoms with Crippen molar-refractivity contribution in [2.45, 2.75) is 51.3 Å². The predicted molar refractivity (Wildman–Crippen MR) is 46.8 cm³/mol. The van der Waals surface area contributed by atoms with Gasteiger partial charge in [-0.3, -0.25) is 0 Å². The van der Waals surface area contributed by atoms with E-state index >= 15 is 0 Å². The highest BCUT2D eigenvalue weighted by Crippen LogP contribution is 2.59. The summed E-state index contributed by atoms with van der Waals surface area (Å²) in [6, 6.07) is 0. The van der Waals surface area contributed by atoms with E-state index in [2.05, 4.69) is 0 Å². The quantitative estimate of drug-likeness (QED) is 0.592. The molecular formula is C10H14F6. The van der Waals surface area contributed by atoms with Gasteiger partial charge in [-0.25, -0.2) is 0 Å². The summed E-state index contributed by atoms with van der Waals surface area (Å²) in [5.74, 6) is -0.754. The number of alkyl halides is 6. The zero-order valence-corrected chi connectivity index (χ0v) is 8.67. The lowest BCUT2D eigenvalue weighted by molar-refractivity contribution is -0.351. The minimum atomic E-state index is -5.34. The van der Waals surface area contributed by atoms with Crippen LogP contribution in [0.3, 0.4) is 0 Å². The number of hydrogen-bond donors (Lipinski definition) is 0. The van der Waals surface area contributed by atoms with Crippen molar-refractivity contribution < 1.29 is 29.1 Å². The Kier molecular flexibility index (Phi) is 2.75. The lowest BCUT2D eigenvalue weighted by Crippen LogP contribution is -2.51. The van der Waals surface area contributed by atoms with Crippen molar-refractivity contribution in [3.8, 4) is 0 Å². The van der Waals surface area contributed by atoms with Gasteiger partial charge >= 0.3 is 12.4 Å². The average molecular weight is 250 g/mol. The summed E-state index contributed by atoms with van der Waals surface area (Å²) in [6.07, 6.45) is -15.4. The molecule has 0 radical (unpaired) electrons. The molecule has 1 aliphatic rings. The Labute approximate surface area is 92.8 Å². The number of rotatable bonds is 1. The maximum absolute atomic E-state index is 12.7. The van der Waals surface area contributed by atoms with Crippen LogP contribution in [0, 0.1) is 11.3 Å². The van der Waals surface area contributed by atoms with E-state index in [1.165, 1.54) is 6.92 Å². The molecule has 96 valence electrons. The van der Waals surface area contributed by atoms with E-state index in [0.717, 1.165) is 0 Å². The molecule has 0 bridgehead atoms. The molecule has 0 spiro atoms. The van der Waals surface area contributed by atoms with Crippen molar-refractivity contribution >= 4 is 0 Å². The second-order valence-electron chi connectivity index (χ2n) is 4.14. The zero-order chi connectivity index (χ0) is 14.4. The van der Waals surface area contributed by atoms with Crippen molar-refractivity contribution in [2.24, 2.45) is 11.3 Å². The van der Waals surface area contributed by atoms with E-state index in [1.54, 1.807) is 0 Å². The fourth-order valence-corrected chi connectivity index (χ4v) is 2.13. The smallest absolute Gasteiger partial charge is 0.170 e. The lowest BCUT2D eigenvalue weighted by Gasteiger charge is -2.42. The van der Waals surface area contributed by atoms with Crippen LogP contribution in [-0.2, 0) is 0 Å². The highest BCUT2D eigenvalue weighted by atomic mass is 19.4. The summed E-state index contributed by atoms with van der Waals surface area (Å²) >= 11 is 0. The van der Waals surface area contributed by atoms with Crippen LogP contribution >= 0.6 is 0 Å². The van der Waals surface area contributed by atoms with Crippen LogP contribution in [0.15, 0.2) is 0 Å². The first-order chi connectivity index (χ1) is 7.81. The van der Waals surface area contributed by atoms with Crippen LogP contribution in [-0.4, -0.2) is 12.4 Å². The summed E-state index contributed by atoms with van der Waals surface area (Å²) in [5, 5.41) is 0. The average Bonchev–Trinajstić information content (AvgIpc) is 2.13. The summed E-state index contributed by atoms with van der Waals surface area (Å²) in [7, 11) is 0. The van der Waals surface area contributed by atoms with E-state index in [9.17, 15) is 26.3 Å². The first-order valence-corrected chi connectivity index (χ1v) is 4.95. The summed E-state index contributed by atoms with van der Waals surface area (Å²) in [6.45, 7) is 1.19. The van der Waals surface area contributed by atoms with Gasteiger partial charge in [0, 0.05) is 2.74 Å². The topological polar surface area (TPSA) is 0 Å². The monoisotopic (exact) mass is 250 g/mol. The third-order valence-electron chi connectivity index (χ3n) is 3.33. The Morgan fingerprint density at radius 1 is 1.06 bits per heavy atom. The van der Waals surface area contributed by atoms with Gasteiger partial charge in [0.25, 0.3) is 0 Å². The molecular weight excluding hydrogens is 234 g/mol. The van der Waals surface area contributed by atoms with Crippen LogP contribution in [0.2, 0.25) is 0 Å². The van der Waals surface area contributed by atoms with Gasteiger partial charge in [0.15, 0.2) is 5.41 Å². The van der Waals surface area contributed by atoms with Gasteiger partial charge in [-0.05, 0) is 31.6 Å². The zero-order valence-electron chi connectivity index (χ0n) is 10.7. The third-order valence-corrected chi connectivity index (χ3v) is 3.33. The first kappa shape index (κ1) is 10.7.